The molecule has 8 nitrogen and oxygen atoms in total. The lowest BCUT2D eigenvalue weighted by Gasteiger charge is -2.05. The van der Waals surface area contributed by atoms with Gasteiger partial charge in [0.05, 0.1) is 23.6 Å². The molecule has 0 fully saturated rings. The SMILES string of the molecule is Nc1cc(-c2ccc(C(=O)NCc3cc4n(n3)CCCNC4)cc2)ncn1. The second-order valence-electron chi connectivity index (χ2n) is 6.47. The maximum Gasteiger partial charge on any atom is 0.251 e. The number of nitrogens with one attached hydrogen (secondary N) is 2. The number of carbonyl (C=O) groups excluding carboxylic acids is 1. The fourth-order valence-corrected chi connectivity index (χ4v) is 3.10. The van der Waals surface area contributed by atoms with Gasteiger partial charge in [-0.3, -0.25) is 9.48 Å². The van der Waals surface area contributed by atoms with E-state index >= 15 is 0 Å². The van der Waals surface area contributed by atoms with E-state index in [4.69, 9.17) is 5.73 Å². The Kier molecular flexibility index (Phi) is 4.80. The van der Waals surface area contributed by atoms with Crippen molar-refractivity contribution >= 4 is 11.7 Å². The summed E-state index contributed by atoms with van der Waals surface area (Å²) in [5.41, 5.74) is 9.91. The van der Waals surface area contributed by atoms with Gasteiger partial charge in [0.15, 0.2) is 0 Å². The molecule has 27 heavy (non-hydrogen) atoms. The third-order valence-corrected chi connectivity index (χ3v) is 4.50. The average Bonchev–Trinajstić information content (AvgIpc) is 2.95. The van der Waals surface area contributed by atoms with Crippen molar-refractivity contribution < 1.29 is 4.79 Å². The molecule has 2 aromatic heterocycles. The monoisotopic (exact) mass is 363 g/mol. The van der Waals surface area contributed by atoms with Gasteiger partial charge in [-0.2, -0.15) is 5.10 Å². The summed E-state index contributed by atoms with van der Waals surface area (Å²) in [6.07, 6.45) is 2.48. The average molecular weight is 363 g/mol. The van der Waals surface area contributed by atoms with Crippen molar-refractivity contribution in [1.29, 1.82) is 0 Å². The molecule has 0 saturated carbocycles. The molecule has 1 amide bonds. The lowest BCUT2D eigenvalue weighted by molar-refractivity contribution is 0.0950. The first-order chi connectivity index (χ1) is 13.2. The second kappa shape index (κ2) is 7.55. The standard InChI is InChI=1S/C19H21N7O/c20-18-9-17(23-12-24-18)13-2-4-14(5-3-13)19(27)22-10-15-8-16-11-21-6-1-7-26(16)25-15/h2-5,8-9,12,21H,1,6-7,10-11H2,(H,22,27)(H2,20,23,24). The number of rotatable bonds is 4. The van der Waals surface area contributed by atoms with Crippen LogP contribution in [0.3, 0.4) is 0 Å². The number of nitrogen functional groups attached to an aromatic ring is 1. The van der Waals surface area contributed by atoms with Crippen molar-refractivity contribution in [3.05, 3.63) is 59.7 Å². The van der Waals surface area contributed by atoms with Crippen LogP contribution in [0.25, 0.3) is 11.3 Å². The lowest BCUT2D eigenvalue weighted by atomic mass is 10.1. The highest BCUT2D eigenvalue weighted by atomic mass is 16.1. The van der Waals surface area contributed by atoms with Crippen LogP contribution in [0.1, 0.15) is 28.2 Å². The number of aromatic nitrogens is 4. The van der Waals surface area contributed by atoms with Crippen LogP contribution in [0.2, 0.25) is 0 Å². The zero-order valence-electron chi connectivity index (χ0n) is 14.9. The number of amides is 1. The molecule has 1 aliphatic heterocycles. The van der Waals surface area contributed by atoms with Gasteiger partial charge in [-0.15, -0.1) is 0 Å². The van der Waals surface area contributed by atoms with E-state index in [-0.39, 0.29) is 5.91 Å². The summed E-state index contributed by atoms with van der Waals surface area (Å²) in [6.45, 7) is 3.14. The number of benzene rings is 1. The molecule has 0 atom stereocenters. The molecule has 4 rings (SSSR count). The molecule has 138 valence electrons. The molecule has 0 unspecified atom stereocenters. The number of carbonyl (C=O) groups is 1. The molecule has 1 aromatic carbocycles. The van der Waals surface area contributed by atoms with E-state index in [0.29, 0.717) is 17.9 Å². The van der Waals surface area contributed by atoms with Crippen LogP contribution in [-0.2, 0) is 19.6 Å². The second-order valence-corrected chi connectivity index (χ2v) is 6.47. The predicted molar refractivity (Wildman–Crippen MR) is 102 cm³/mol. The summed E-state index contributed by atoms with van der Waals surface area (Å²) in [7, 11) is 0. The third kappa shape index (κ3) is 3.95. The molecule has 3 heterocycles. The minimum absolute atomic E-state index is 0.134. The third-order valence-electron chi connectivity index (χ3n) is 4.50. The zero-order valence-corrected chi connectivity index (χ0v) is 14.9. The van der Waals surface area contributed by atoms with E-state index in [0.717, 1.165) is 48.7 Å². The van der Waals surface area contributed by atoms with E-state index in [1.165, 1.54) is 6.33 Å². The molecular weight excluding hydrogens is 342 g/mol. The summed E-state index contributed by atoms with van der Waals surface area (Å²) >= 11 is 0. The van der Waals surface area contributed by atoms with Gasteiger partial charge in [0.1, 0.15) is 12.1 Å². The first kappa shape index (κ1) is 17.2. The molecular formula is C19H21N7O. The van der Waals surface area contributed by atoms with Gasteiger partial charge >= 0.3 is 0 Å². The number of anilines is 1. The summed E-state index contributed by atoms with van der Waals surface area (Å²) < 4.78 is 2.02. The molecule has 4 N–H and O–H groups in total. The minimum Gasteiger partial charge on any atom is -0.384 e. The number of fused-ring (bicyclic) bond motifs is 1. The van der Waals surface area contributed by atoms with Crippen molar-refractivity contribution in [2.75, 3.05) is 12.3 Å². The van der Waals surface area contributed by atoms with E-state index in [1.54, 1.807) is 18.2 Å². The quantitative estimate of drug-likeness (QED) is 0.645. The van der Waals surface area contributed by atoms with E-state index in [2.05, 4.69) is 25.7 Å². The maximum atomic E-state index is 12.4. The minimum atomic E-state index is -0.134. The molecule has 3 aromatic rings. The van der Waals surface area contributed by atoms with E-state index < -0.39 is 0 Å². The van der Waals surface area contributed by atoms with Crippen LogP contribution in [0.5, 0.6) is 0 Å². The lowest BCUT2D eigenvalue weighted by Crippen LogP contribution is -2.23. The molecule has 0 saturated heterocycles. The van der Waals surface area contributed by atoms with Crippen LogP contribution < -0.4 is 16.4 Å². The molecule has 0 aliphatic carbocycles. The number of hydrogen-bond donors (Lipinski definition) is 3. The summed E-state index contributed by atoms with van der Waals surface area (Å²) in [6, 6.07) is 11.0. The Hall–Kier alpha value is -3.26. The van der Waals surface area contributed by atoms with Crippen LogP contribution in [0.4, 0.5) is 5.82 Å². The highest BCUT2D eigenvalue weighted by Gasteiger charge is 2.12. The summed E-state index contributed by atoms with van der Waals surface area (Å²) in [4.78, 5) is 20.5. The topological polar surface area (TPSA) is 111 Å². The number of aryl methyl sites for hydroxylation is 1. The van der Waals surface area contributed by atoms with Crippen molar-refractivity contribution in [2.45, 2.75) is 26.1 Å². The molecule has 8 heteroatoms. The number of nitrogens with two attached hydrogens (primary N) is 1. The van der Waals surface area contributed by atoms with Crippen LogP contribution in [0, 0.1) is 0 Å². The van der Waals surface area contributed by atoms with Gasteiger partial charge in [0.25, 0.3) is 5.91 Å². The van der Waals surface area contributed by atoms with Crippen LogP contribution in [-0.4, -0.2) is 32.2 Å². The molecule has 0 bridgehead atoms. The molecule has 1 aliphatic rings. The summed E-state index contributed by atoms with van der Waals surface area (Å²) in [5, 5.41) is 10.9. The Morgan fingerprint density at radius 2 is 2.07 bits per heavy atom. The van der Waals surface area contributed by atoms with Crippen LogP contribution >= 0.6 is 0 Å². The Morgan fingerprint density at radius 1 is 1.22 bits per heavy atom. The van der Waals surface area contributed by atoms with Crippen molar-refractivity contribution in [1.82, 2.24) is 30.4 Å². The van der Waals surface area contributed by atoms with Gasteiger partial charge < -0.3 is 16.4 Å². The predicted octanol–water partition coefficient (Wildman–Crippen LogP) is 1.35. The zero-order chi connectivity index (χ0) is 18.6. The molecule has 0 spiro atoms. The maximum absolute atomic E-state index is 12.4. The first-order valence-electron chi connectivity index (χ1n) is 8.91. The van der Waals surface area contributed by atoms with Crippen molar-refractivity contribution in [3.63, 3.8) is 0 Å². The fourth-order valence-electron chi connectivity index (χ4n) is 3.10. The smallest absolute Gasteiger partial charge is 0.251 e. The highest BCUT2D eigenvalue weighted by Crippen LogP contribution is 2.18. The van der Waals surface area contributed by atoms with E-state index in [1.807, 2.05) is 22.9 Å². The first-order valence-corrected chi connectivity index (χ1v) is 8.91. The highest BCUT2D eigenvalue weighted by molar-refractivity contribution is 5.94. The van der Waals surface area contributed by atoms with Crippen molar-refractivity contribution in [3.8, 4) is 11.3 Å². The van der Waals surface area contributed by atoms with Crippen LogP contribution in [0.15, 0.2) is 42.7 Å². The Bertz CT molecular complexity index is 925. The van der Waals surface area contributed by atoms with Gasteiger partial charge in [-0.25, -0.2) is 9.97 Å². The van der Waals surface area contributed by atoms with E-state index in [9.17, 15) is 4.79 Å². The van der Waals surface area contributed by atoms with Gasteiger partial charge in [0, 0.05) is 30.3 Å². The number of nitrogens with zero attached hydrogens (tertiary/aromatic N) is 4. The molecule has 0 radical (unpaired) electrons. The Labute approximate surface area is 156 Å². The fraction of sp³-hybridized carbons (Fsp3) is 0.263. The van der Waals surface area contributed by atoms with Gasteiger partial charge in [0.2, 0.25) is 0 Å². The summed E-state index contributed by atoms with van der Waals surface area (Å²) in [5.74, 6) is 0.278. The Morgan fingerprint density at radius 3 is 2.89 bits per heavy atom. The normalized spacial score (nSPS) is 13.6. The number of hydrogen-bond acceptors (Lipinski definition) is 6. The van der Waals surface area contributed by atoms with Gasteiger partial charge in [-0.1, -0.05) is 12.1 Å². The largest absolute Gasteiger partial charge is 0.384 e. The van der Waals surface area contributed by atoms with Crippen molar-refractivity contribution in [2.24, 2.45) is 0 Å². The van der Waals surface area contributed by atoms with Gasteiger partial charge in [-0.05, 0) is 31.2 Å². The Balaban J connectivity index is 1.40.